The summed E-state index contributed by atoms with van der Waals surface area (Å²) in [6.45, 7) is 1.46. The summed E-state index contributed by atoms with van der Waals surface area (Å²) in [7, 11) is -3.54. The van der Waals surface area contributed by atoms with Gasteiger partial charge in [-0.2, -0.15) is 17.4 Å². The van der Waals surface area contributed by atoms with Gasteiger partial charge >= 0.3 is 0 Å². The maximum atomic E-state index is 12.8. The Morgan fingerprint density at radius 2 is 1.79 bits per heavy atom. The van der Waals surface area contributed by atoms with Gasteiger partial charge in [0.2, 0.25) is 0 Å². The van der Waals surface area contributed by atoms with Gasteiger partial charge in [-0.05, 0) is 23.6 Å². The van der Waals surface area contributed by atoms with Gasteiger partial charge in [-0.3, -0.25) is 0 Å². The number of fused-ring (bicyclic) bond motifs is 2. The van der Waals surface area contributed by atoms with Crippen molar-refractivity contribution in [1.29, 1.82) is 0 Å². The van der Waals surface area contributed by atoms with E-state index in [4.69, 9.17) is 4.74 Å². The Morgan fingerprint density at radius 1 is 1.04 bits per heavy atom. The molecule has 2 aromatic rings. The highest BCUT2D eigenvalue weighted by Gasteiger charge is 2.31. The third kappa shape index (κ3) is 2.92. The molecule has 0 saturated heterocycles. The molecule has 2 aliphatic rings. The second kappa shape index (κ2) is 6.20. The Kier molecular flexibility index (Phi) is 4.04. The first kappa shape index (κ1) is 15.6. The fourth-order valence-electron chi connectivity index (χ4n) is 3.39. The predicted molar refractivity (Wildman–Crippen MR) is 91.9 cm³/mol. The molecule has 126 valence electrons. The molecule has 0 saturated carbocycles. The minimum absolute atomic E-state index is 0.239. The maximum Gasteiger partial charge on any atom is 0.280 e. The molecule has 0 radical (unpaired) electrons. The van der Waals surface area contributed by atoms with Gasteiger partial charge in [-0.1, -0.05) is 42.5 Å². The lowest BCUT2D eigenvalue weighted by Crippen LogP contribution is -2.45. The number of rotatable bonds is 3. The van der Waals surface area contributed by atoms with Crippen LogP contribution < -0.4 is 9.46 Å². The van der Waals surface area contributed by atoms with Gasteiger partial charge in [0, 0.05) is 25.1 Å². The molecule has 0 aliphatic carbocycles. The van der Waals surface area contributed by atoms with E-state index in [2.05, 4.69) is 10.8 Å². The number of nitrogens with one attached hydrogen (secondary N) is 1. The Bertz CT molecular complexity index is 851. The highest BCUT2D eigenvalue weighted by Crippen LogP contribution is 2.32. The normalized spacial score (nSPS) is 20.8. The molecule has 0 amide bonds. The zero-order valence-electron chi connectivity index (χ0n) is 13.3. The van der Waals surface area contributed by atoms with Crippen molar-refractivity contribution in [2.75, 3.05) is 13.2 Å². The van der Waals surface area contributed by atoms with Gasteiger partial charge in [0.05, 0.1) is 12.6 Å². The summed E-state index contributed by atoms with van der Waals surface area (Å²) in [4.78, 5) is 0. The second-order valence-corrected chi connectivity index (χ2v) is 7.90. The van der Waals surface area contributed by atoms with Crippen molar-refractivity contribution in [2.45, 2.75) is 25.4 Å². The summed E-state index contributed by atoms with van der Waals surface area (Å²) in [5.74, 6) is 0.764. The van der Waals surface area contributed by atoms with Crippen LogP contribution in [0.15, 0.2) is 48.5 Å². The summed E-state index contributed by atoms with van der Waals surface area (Å²) >= 11 is 0. The monoisotopic (exact) mass is 344 g/mol. The maximum absolute atomic E-state index is 12.8. The Hall–Kier alpha value is -1.89. The molecular formula is C18H20N2O3S. The summed E-state index contributed by atoms with van der Waals surface area (Å²) in [6.07, 6.45) is 1.39. The minimum atomic E-state index is -3.54. The molecule has 2 heterocycles. The van der Waals surface area contributed by atoms with Crippen LogP contribution in [0.25, 0.3) is 0 Å². The molecule has 0 bridgehead atoms. The number of ether oxygens (including phenoxy) is 1. The fourth-order valence-corrected chi connectivity index (χ4v) is 4.79. The van der Waals surface area contributed by atoms with Crippen LogP contribution in [-0.4, -0.2) is 25.9 Å². The van der Waals surface area contributed by atoms with Crippen molar-refractivity contribution in [3.05, 3.63) is 65.2 Å². The van der Waals surface area contributed by atoms with E-state index in [0.717, 1.165) is 23.3 Å². The van der Waals surface area contributed by atoms with E-state index in [9.17, 15) is 8.42 Å². The van der Waals surface area contributed by atoms with E-state index in [0.29, 0.717) is 26.1 Å². The third-order valence-electron chi connectivity index (χ3n) is 4.69. The van der Waals surface area contributed by atoms with Crippen LogP contribution >= 0.6 is 0 Å². The van der Waals surface area contributed by atoms with Gasteiger partial charge in [0.15, 0.2) is 0 Å². The van der Waals surface area contributed by atoms with Crippen molar-refractivity contribution in [3.8, 4) is 5.75 Å². The summed E-state index contributed by atoms with van der Waals surface area (Å²) in [5.41, 5.74) is 3.23. The quantitative estimate of drug-likeness (QED) is 0.930. The van der Waals surface area contributed by atoms with E-state index < -0.39 is 10.2 Å². The predicted octanol–water partition coefficient (Wildman–Crippen LogP) is 2.40. The van der Waals surface area contributed by atoms with E-state index >= 15 is 0 Å². The topological polar surface area (TPSA) is 58.6 Å². The largest absolute Gasteiger partial charge is 0.493 e. The van der Waals surface area contributed by atoms with Crippen molar-refractivity contribution in [1.82, 2.24) is 9.03 Å². The van der Waals surface area contributed by atoms with Crippen molar-refractivity contribution < 1.29 is 13.2 Å². The molecule has 2 aliphatic heterocycles. The van der Waals surface area contributed by atoms with Crippen LogP contribution in [-0.2, 0) is 23.2 Å². The summed E-state index contributed by atoms with van der Waals surface area (Å²) in [5, 5.41) is 0. The standard InChI is InChI=1S/C18H20N2O3S/c21-24(22,20-11-9-14-5-1-2-6-15(14)13-20)19-17-10-12-23-18-8-4-3-7-16(17)18/h1-8,17,19H,9-13H2/t17-/m1/s1. The van der Waals surface area contributed by atoms with Gasteiger partial charge in [0.1, 0.15) is 5.75 Å². The molecule has 1 atom stereocenters. The van der Waals surface area contributed by atoms with Crippen molar-refractivity contribution >= 4 is 10.2 Å². The average molecular weight is 344 g/mol. The minimum Gasteiger partial charge on any atom is -0.493 e. The molecular weight excluding hydrogens is 324 g/mol. The third-order valence-corrected chi connectivity index (χ3v) is 6.26. The molecule has 4 rings (SSSR count). The molecule has 0 unspecified atom stereocenters. The molecule has 0 fully saturated rings. The smallest absolute Gasteiger partial charge is 0.280 e. The zero-order chi connectivity index (χ0) is 16.6. The molecule has 5 nitrogen and oxygen atoms in total. The van der Waals surface area contributed by atoms with Gasteiger partial charge in [0.25, 0.3) is 10.2 Å². The fraction of sp³-hybridized carbons (Fsp3) is 0.333. The lowest BCUT2D eigenvalue weighted by atomic mass is 10.0. The molecule has 2 aromatic carbocycles. The van der Waals surface area contributed by atoms with Crippen LogP contribution in [0.5, 0.6) is 5.75 Å². The van der Waals surface area contributed by atoms with E-state index in [1.165, 1.54) is 9.87 Å². The molecule has 6 heteroatoms. The highest BCUT2D eigenvalue weighted by molar-refractivity contribution is 7.87. The molecule has 24 heavy (non-hydrogen) atoms. The Morgan fingerprint density at radius 3 is 2.67 bits per heavy atom. The van der Waals surface area contributed by atoms with E-state index in [-0.39, 0.29) is 6.04 Å². The van der Waals surface area contributed by atoms with Crippen LogP contribution in [0.1, 0.15) is 29.2 Å². The lowest BCUT2D eigenvalue weighted by Gasteiger charge is -2.32. The lowest BCUT2D eigenvalue weighted by molar-refractivity contribution is 0.260. The molecule has 1 N–H and O–H groups in total. The number of benzene rings is 2. The Labute approximate surface area is 142 Å². The van der Waals surface area contributed by atoms with Crippen LogP contribution in [0.2, 0.25) is 0 Å². The number of para-hydroxylation sites is 1. The number of nitrogens with zero attached hydrogens (tertiary/aromatic N) is 1. The van der Waals surface area contributed by atoms with Crippen LogP contribution in [0, 0.1) is 0 Å². The SMILES string of the molecule is O=S(=O)(N[C@@H]1CCOc2ccccc21)N1CCc2ccccc2C1. The first-order valence-corrected chi connectivity index (χ1v) is 9.63. The van der Waals surface area contributed by atoms with Gasteiger partial charge < -0.3 is 4.74 Å². The van der Waals surface area contributed by atoms with Crippen LogP contribution in [0.3, 0.4) is 0 Å². The van der Waals surface area contributed by atoms with Gasteiger partial charge in [-0.25, -0.2) is 0 Å². The first-order valence-electron chi connectivity index (χ1n) is 8.19. The van der Waals surface area contributed by atoms with Gasteiger partial charge in [-0.15, -0.1) is 0 Å². The highest BCUT2D eigenvalue weighted by atomic mass is 32.2. The summed E-state index contributed by atoms with van der Waals surface area (Å²) < 4.78 is 35.7. The average Bonchev–Trinajstić information content (AvgIpc) is 2.61. The Balaban J connectivity index is 1.55. The second-order valence-electron chi connectivity index (χ2n) is 6.20. The first-order chi connectivity index (χ1) is 11.6. The number of hydrogen-bond acceptors (Lipinski definition) is 3. The van der Waals surface area contributed by atoms with E-state index in [1.54, 1.807) is 0 Å². The van der Waals surface area contributed by atoms with E-state index in [1.807, 2.05) is 42.5 Å². The molecule has 0 spiro atoms. The van der Waals surface area contributed by atoms with Crippen LogP contribution in [0.4, 0.5) is 0 Å². The molecule has 0 aromatic heterocycles. The zero-order valence-corrected chi connectivity index (χ0v) is 14.1. The summed E-state index contributed by atoms with van der Waals surface area (Å²) in [6, 6.07) is 15.4. The van der Waals surface area contributed by atoms with Crippen molar-refractivity contribution in [2.24, 2.45) is 0 Å². The number of hydrogen-bond donors (Lipinski definition) is 1. The van der Waals surface area contributed by atoms with Crippen molar-refractivity contribution in [3.63, 3.8) is 0 Å².